The molecule has 2 aromatic heterocycles. The van der Waals surface area contributed by atoms with E-state index in [9.17, 15) is 4.79 Å². The van der Waals surface area contributed by atoms with Gasteiger partial charge >= 0.3 is 5.97 Å². The lowest BCUT2D eigenvalue weighted by molar-refractivity contribution is 0.0525. The zero-order chi connectivity index (χ0) is 18.7. The van der Waals surface area contributed by atoms with Gasteiger partial charge in [0.1, 0.15) is 5.56 Å². The molecule has 0 amide bonds. The second-order valence-corrected chi connectivity index (χ2v) is 6.12. The molecule has 1 aromatic carbocycles. The standard InChI is InChI=1S/C20H22N4O2/c1-5-26-20(25)16-13-21-19-18(15-9-7-6-8-10-15)14(2)22-24(19)17(16)11-12-23(3)4/h6-13H,5H2,1-4H3/b12-11+. The van der Waals surface area contributed by atoms with E-state index in [1.807, 2.05) is 68.5 Å². The van der Waals surface area contributed by atoms with E-state index in [0.717, 1.165) is 16.8 Å². The zero-order valence-corrected chi connectivity index (χ0v) is 15.4. The molecule has 0 bridgehead atoms. The topological polar surface area (TPSA) is 59.7 Å². The molecule has 0 saturated heterocycles. The van der Waals surface area contributed by atoms with Gasteiger partial charge in [-0.25, -0.2) is 14.3 Å². The number of carbonyl (C=O) groups is 1. The Kier molecular flexibility index (Phi) is 5.02. The molecule has 0 unspecified atom stereocenters. The Morgan fingerprint density at radius 2 is 2.00 bits per heavy atom. The number of aromatic nitrogens is 3. The van der Waals surface area contributed by atoms with Gasteiger partial charge in [0.25, 0.3) is 0 Å². The van der Waals surface area contributed by atoms with Crippen molar-refractivity contribution in [3.8, 4) is 11.1 Å². The number of hydrogen-bond donors (Lipinski definition) is 0. The monoisotopic (exact) mass is 350 g/mol. The second kappa shape index (κ2) is 7.39. The summed E-state index contributed by atoms with van der Waals surface area (Å²) in [6.07, 6.45) is 5.29. The molecule has 0 aliphatic rings. The molecule has 0 aliphatic heterocycles. The van der Waals surface area contributed by atoms with Gasteiger partial charge in [-0.2, -0.15) is 5.10 Å². The van der Waals surface area contributed by atoms with E-state index in [1.165, 1.54) is 0 Å². The number of aryl methyl sites for hydroxylation is 1. The third kappa shape index (κ3) is 3.31. The van der Waals surface area contributed by atoms with Gasteiger partial charge in [-0.3, -0.25) is 0 Å². The van der Waals surface area contributed by atoms with Crippen LogP contribution in [0.2, 0.25) is 0 Å². The highest BCUT2D eigenvalue weighted by Gasteiger charge is 2.20. The van der Waals surface area contributed by atoms with Crippen molar-refractivity contribution in [2.45, 2.75) is 13.8 Å². The van der Waals surface area contributed by atoms with E-state index < -0.39 is 5.97 Å². The number of hydrogen-bond acceptors (Lipinski definition) is 5. The van der Waals surface area contributed by atoms with E-state index in [-0.39, 0.29) is 0 Å². The highest BCUT2D eigenvalue weighted by Crippen LogP contribution is 2.28. The molecule has 134 valence electrons. The molecule has 0 fully saturated rings. The fourth-order valence-corrected chi connectivity index (χ4v) is 2.80. The number of ether oxygens (including phenoxy) is 1. The molecule has 0 radical (unpaired) electrons. The Bertz CT molecular complexity index is 959. The molecule has 0 atom stereocenters. The second-order valence-electron chi connectivity index (χ2n) is 6.12. The van der Waals surface area contributed by atoms with Crippen molar-refractivity contribution in [2.75, 3.05) is 20.7 Å². The zero-order valence-electron chi connectivity index (χ0n) is 15.4. The maximum absolute atomic E-state index is 12.4. The van der Waals surface area contributed by atoms with Crippen LogP contribution in [-0.2, 0) is 4.74 Å². The van der Waals surface area contributed by atoms with Crippen LogP contribution in [0.25, 0.3) is 22.9 Å². The third-order valence-electron chi connectivity index (χ3n) is 3.94. The normalized spacial score (nSPS) is 11.2. The molecule has 0 saturated carbocycles. The van der Waals surface area contributed by atoms with Gasteiger partial charge in [0.2, 0.25) is 0 Å². The maximum Gasteiger partial charge on any atom is 0.341 e. The first-order valence-corrected chi connectivity index (χ1v) is 8.48. The number of benzene rings is 1. The van der Waals surface area contributed by atoms with Crippen LogP contribution in [-0.4, -0.2) is 46.2 Å². The molecular weight excluding hydrogens is 328 g/mol. The van der Waals surface area contributed by atoms with Gasteiger partial charge in [-0.1, -0.05) is 30.3 Å². The van der Waals surface area contributed by atoms with Crippen molar-refractivity contribution in [3.63, 3.8) is 0 Å². The van der Waals surface area contributed by atoms with Crippen LogP contribution in [0.1, 0.15) is 28.7 Å². The van der Waals surface area contributed by atoms with E-state index >= 15 is 0 Å². The summed E-state index contributed by atoms with van der Waals surface area (Å²) in [4.78, 5) is 18.8. The number of nitrogens with zero attached hydrogens (tertiary/aromatic N) is 4. The first kappa shape index (κ1) is 17.7. The van der Waals surface area contributed by atoms with Crippen molar-refractivity contribution in [1.82, 2.24) is 19.5 Å². The SMILES string of the molecule is CCOC(=O)c1cnc2c(-c3ccccc3)c(C)nn2c1/C=C/N(C)C. The van der Waals surface area contributed by atoms with Gasteiger partial charge in [0.05, 0.1) is 18.0 Å². The molecule has 6 heteroatoms. The van der Waals surface area contributed by atoms with Crippen LogP contribution in [0.4, 0.5) is 0 Å². The summed E-state index contributed by atoms with van der Waals surface area (Å²) in [6, 6.07) is 10.00. The Morgan fingerprint density at radius 1 is 1.27 bits per heavy atom. The van der Waals surface area contributed by atoms with Gasteiger partial charge in [-0.15, -0.1) is 0 Å². The van der Waals surface area contributed by atoms with Crippen LogP contribution < -0.4 is 0 Å². The van der Waals surface area contributed by atoms with Crippen molar-refractivity contribution in [1.29, 1.82) is 0 Å². The molecule has 26 heavy (non-hydrogen) atoms. The predicted molar refractivity (Wildman–Crippen MR) is 102 cm³/mol. The summed E-state index contributed by atoms with van der Waals surface area (Å²) in [7, 11) is 3.84. The summed E-state index contributed by atoms with van der Waals surface area (Å²) >= 11 is 0. The maximum atomic E-state index is 12.4. The summed E-state index contributed by atoms with van der Waals surface area (Å²) in [5, 5.41) is 4.65. The lowest BCUT2D eigenvalue weighted by Gasteiger charge is -2.09. The van der Waals surface area contributed by atoms with Crippen molar-refractivity contribution in [2.24, 2.45) is 0 Å². The number of esters is 1. The molecule has 3 rings (SSSR count). The van der Waals surface area contributed by atoms with Crippen molar-refractivity contribution in [3.05, 3.63) is 59.7 Å². The van der Waals surface area contributed by atoms with Gasteiger partial charge in [0, 0.05) is 32.1 Å². The molecule has 0 aliphatic carbocycles. The minimum Gasteiger partial charge on any atom is -0.462 e. The number of rotatable bonds is 5. The van der Waals surface area contributed by atoms with E-state index in [4.69, 9.17) is 4.74 Å². The first-order chi connectivity index (χ1) is 12.5. The molecule has 2 heterocycles. The summed E-state index contributed by atoms with van der Waals surface area (Å²) in [6.45, 7) is 4.03. The van der Waals surface area contributed by atoms with Gasteiger partial charge < -0.3 is 9.64 Å². The Hall–Kier alpha value is -3.15. The molecular formula is C20H22N4O2. The highest BCUT2D eigenvalue weighted by molar-refractivity contribution is 5.93. The number of fused-ring (bicyclic) bond motifs is 1. The van der Waals surface area contributed by atoms with E-state index in [2.05, 4.69) is 10.1 Å². The minimum atomic E-state index is -0.408. The van der Waals surface area contributed by atoms with Crippen molar-refractivity contribution >= 4 is 17.7 Å². The van der Waals surface area contributed by atoms with E-state index in [1.54, 1.807) is 17.6 Å². The van der Waals surface area contributed by atoms with Crippen LogP contribution in [0, 0.1) is 6.92 Å². The Balaban J connectivity index is 2.26. The fraction of sp³-hybridized carbons (Fsp3) is 0.250. The van der Waals surface area contributed by atoms with Gasteiger partial charge in [-0.05, 0) is 25.5 Å². The summed E-state index contributed by atoms with van der Waals surface area (Å²) in [5.41, 5.74) is 4.59. The fourth-order valence-electron chi connectivity index (χ4n) is 2.80. The minimum absolute atomic E-state index is 0.307. The summed E-state index contributed by atoms with van der Waals surface area (Å²) in [5.74, 6) is -0.408. The first-order valence-electron chi connectivity index (χ1n) is 8.48. The smallest absolute Gasteiger partial charge is 0.341 e. The lowest BCUT2D eigenvalue weighted by atomic mass is 10.1. The van der Waals surface area contributed by atoms with Crippen molar-refractivity contribution < 1.29 is 9.53 Å². The quantitative estimate of drug-likeness (QED) is 0.660. The van der Waals surface area contributed by atoms with Crippen LogP contribution in [0.3, 0.4) is 0 Å². The largest absolute Gasteiger partial charge is 0.462 e. The molecule has 0 N–H and O–H groups in total. The van der Waals surface area contributed by atoms with E-state index in [0.29, 0.717) is 23.5 Å². The van der Waals surface area contributed by atoms with Crippen LogP contribution in [0.5, 0.6) is 0 Å². The number of carbonyl (C=O) groups excluding carboxylic acids is 1. The Labute approximate surface area is 152 Å². The lowest BCUT2D eigenvalue weighted by Crippen LogP contribution is -2.12. The summed E-state index contributed by atoms with van der Waals surface area (Å²) < 4.78 is 6.89. The molecule has 6 nitrogen and oxygen atoms in total. The average Bonchev–Trinajstić information content (AvgIpc) is 2.96. The predicted octanol–water partition coefficient (Wildman–Crippen LogP) is 3.41. The van der Waals surface area contributed by atoms with Gasteiger partial charge in [0.15, 0.2) is 5.65 Å². The molecule has 0 spiro atoms. The molecule has 3 aromatic rings. The van der Waals surface area contributed by atoms with Crippen LogP contribution in [0.15, 0.2) is 42.7 Å². The Morgan fingerprint density at radius 3 is 2.65 bits per heavy atom. The van der Waals surface area contributed by atoms with Crippen LogP contribution >= 0.6 is 0 Å². The third-order valence-corrected chi connectivity index (χ3v) is 3.94. The highest BCUT2D eigenvalue weighted by atomic mass is 16.5. The average molecular weight is 350 g/mol.